The van der Waals surface area contributed by atoms with Crippen molar-refractivity contribution in [2.75, 3.05) is 6.26 Å². The Balaban J connectivity index is 2.29. The van der Waals surface area contributed by atoms with E-state index in [4.69, 9.17) is 9.84 Å². The minimum absolute atomic E-state index is 0.185. The van der Waals surface area contributed by atoms with Gasteiger partial charge in [-0.15, -0.1) is 11.8 Å². The molecule has 0 aromatic carbocycles. The van der Waals surface area contributed by atoms with Crippen LogP contribution in [0.1, 0.15) is 23.2 Å². The van der Waals surface area contributed by atoms with Crippen LogP contribution in [0.3, 0.4) is 0 Å². The summed E-state index contributed by atoms with van der Waals surface area (Å²) in [6.45, 7) is 0. The van der Waals surface area contributed by atoms with Crippen molar-refractivity contribution in [2.45, 2.75) is 24.0 Å². The Morgan fingerprint density at radius 3 is 2.93 bits per heavy atom. The van der Waals surface area contributed by atoms with E-state index in [2.05, 4.69) is 4.98 Å². The Bertz CT molecular complexity index is 390. The van der Waals surface area contributed by atoms with Crippen LogP contribution in [0.2, 0.25) is 0 Å². The molecule has 1 heterocycles. The normalized spacial score (nSPS) is 15.0. The summed E-state index contributed by atoms with van der Waals surface area (Å²) >= 11 is 1.41. The maximum atomic E-state index is 11.0. The fourth-order valence-corrected chi connectivity index (χ4v) is 1.56. The Morgan fingerprint density at radius 2 is 2.40 bits per heavy atom. The summed E-state index contributed by atoms with van der Waals surface area (Å²) in [6, 6.07) is 1.55. The van der Waals surface area contributed by atoms with Gasteiger partial charge < -0.3 is 9.84 Å². The second-order valence-corrected chi connectivity index (χ2v) is 4.17. The van der Waals surface area contributed by atoms with Crippen molar-refractivity contribution in [1.29, 1.82) is 0 Å². The first-order valence-electron chi connectivity index (χ1n) is 4.64. The standard InChI is InChI=1S/C10H11NO3S/c1-15-9-4-7(10(12)13)8(5-11-9)14-6-2-3-6/h4-6H,2-3H2,1H3,(H,12,13). The van der Waals surface area contributed by atoms with Crippen molar-refractivity contribution < 1.29 is 14.6 Å². The van der Waals surface area contributed by atoms with Gasteiger partial charge >= 0.3 is 5.97 Å². The van der Waals surface area contributed by atoms with E-state index in [9.17, 15) is 4.79 Å². The SMILES string of the molecule is CSc1cc(C(=O)O)c(OC2CC2)cn1. The van der Waals surface area contributed by atoms with Gasteiger partial charge in [-0.2, -0.15) is 0 Å². The average molecular weight is 225 g/mol. The molecule has 80 valence electrons. The highest BCUT2D eigenvalue weighted by Gasteiger charge is 2.26. The molecule has 1 fully saturated rings. The number of aromatic nitrogens is 1. The van der Waals surface area contributed by atoms with Crippen molar-refractivity contribution in [2.24, 2.45) is 0 Å². The summed E-state index contributed by atoms with van der Waals surface area (Å²) in [5.41, 5.74) is 0.196. The first kappa shape index (κ1) is 10.3. The number of carbonyl (C=O) groups is 1. The fourth-order valence-electron chi connectivity index (χ4n) is 1.16. The van der Waals surface area contributed by atoms with Crippen LogP contribution in [0.25, 0.3) is 0 Å². The van der Waals surface area contributed by atoms with Gasteiger partial charge in [0.25, 0.3) is 0 Å². The zero-order valence-corrected chi connectivity index (χ0v) is 9.08. The molecule has 0 unspecified atom stereocenters. The molecule has 1 aliphatic carbocycles. The molecule has 1 aromatic rings. The molecule has 5 heteroatoms. The molecule has 0 spiro atoms. The van der Waals surface area contributed by atoms with Crippen LogP contribution in [0, 0.1) is 0 Å². The van der Waals surface area contributed by atoms with E-state index in [0.717, 1.165) is 12.8 Å². The third kappa shape index (κ3) is 2.41. The molecule has 1 saturated carbocycles. The van der Waals surface area contributed by atoms with Crippen LogP contribution in [-0.4, -0.2) is 28.4 Å². The van der Waals surface area contributed by atoms with Crippen molar-refractivity contribution in [3.8, 4) is 5.75 Å². The lowest BCUT2D eigenvalue weighted by Gasteiger charge is -2.08. The molecular weight excluding hydrogens is 214 g/mol. The number of aromatic carboxylic acids is 1. The van der Waals surface area contributed by atoms with E-state index in [-0.39, 0.29) is 11.7 Å². The number of hydrogen-bond acceptors (Lipinski definition) is 4. The Kier molecular flexibility index (Phi) is 2.81. The Morgan fingerprint density at radius 1 is 1.67 bits per heavy atom. The smallest absolute Gasteiger partial charge is 0.339 e. The number of nitrogens with zero attached hydrogens (tertiary/aromatic N) is 1. The van der Waals surface area contributed by atoms with Gasteiger partial charge in [-0.3, -0.25) is 0 Å². The highest BCUT2D eigenvalue weighted by Crippen LogP contribution is 2.30. The fraction of sp³-hybridized carbons (Fsp3) is 0.400. The van der Waals surface area contributed by atoms with Crippen LogP contribution in [0.5, 0.6) is 5.75 Å². The summed E-state index contributed by atoms with van der Waals surface area (Å²) in [4.78, 5) is 15.1. The van der Waals surface area contributed by atoms with E-state index < -0.39 is 5.97 Å². The minimum atomic E-state index is -0.969. The molecule has 1 aromatic heterocycles. The molecule has 15 heavy (non-hydrogen) atoms. The third-order valence-corrected chi connectivity index (χ3v) is 2.74. The van der Waals surface area contributed by atoms with Gasteiger partial charge in [0, 0.05) is 0 Å². The third-order valence-electron chi connectivity index (χ3n) is 2.10. The monoisotopic (exact) mass is 225 g/mol. The number of carboxylic acid groups (broad SMARTS) is 1. The lowest BCUT2D eigenvalue weighted by Crippen LogP contribution is -2.05. The number of ether oxygens (including phenoxy) is 1. The minimum Gasteiger partial charge on any atom is -0.488 e. The lowest BCUT2D eigenvalue weighted by atomic mass is 10.2. The molecule has 1 aliphatic rings. The second kappa shape index (κ2) is 4.10. The van der Waals surface area contributed by atoms with Gasteiger partial charge in [0.2, 0.25) is 0 Å². The second-order valence-electron chi connectivity index (χ2n) is 3.35. The largest absolute Gasteiger partial charge is 0.488 e. The molecule has 0 atom stereocenters. The predicted octanol–water partition coefficient (Wildman–Crippen LogP) is 2.04. The Hall–Kier alpha value is -1.23. The number of pyridine rings is 1. The van der Waals surface area contributed by atoms with Crippen molar-refractivity contribution in [3.05, 3.63) is 17.8 Å². The summed E-state index contributed by atoms with van der Waals surface area (Å²) in [6.07, 6.45) is 5.54. The van der Waals surface area contributed by atoms with E-state index in [1.807, 2.05) is 6.26 Å². The summed E-state index contributed by atoms with van der Waals surface area (Å²) in [7, 11) is 0. The molecule has 0 amide bonds. The van der Waals surface area contributed by atoms with Gasteiger partial charge in [-0.25, -0.2) is 9.78 Å². The maximum absolute atomic E-state index is 11.0. The zero-order valence-electron chi connectivity index (χ0n) is 8.27. The van der Waals surface area contributed by atoms with Gasteiger partial charge in [0.05, 0.1) is 17.3 Å². The lowest BCUT2D eigenvalue weighted by molar-refractivity contribution is 0.0691. The van der Waals surface area contributed by atoms with Crippen molar-refractivity contribution in [1.82, 2.24) is 4.98 Å². The Labute approximate surface area is 91.7 Å². The molecular formula is C10H11NO3S. The number of thioether (sulfide) groups is 1. The highest BCUT2D eigenvalue weighted by atomic mass is 32.2. The van der Waals surface area contributed by atoms with Crippen LogP contribution in [0.15, 0.2) is 17.3 Å². The van der Waals surface area contributed by atoms with Crippen molar-refractivity contribution in [3.63, 3.8) is 0 Å². The first-order valence-corrected chi connectivity index (χ1v) is 5.87. The zero-order chi connectivity index (χ0) is 10.8. The highest BCUT2D eigenvalue weighted by molar-refractivity contribution is 7.98. The van der Waals surface area contributed by atoms with Gasteiger partial charge in [-0.05, 0) is 25.2 Å². The summed E-state index contributed by atoms with van der Waals surface area (Å²) in [5.74, 6) is -0.592. The molecule has 0 saturated heterocycles. The topological polar surface area (TPSA) is 59.4 Å². The van der Waals surface area contributed by atoms with Crippen LogP contribution in [0.4, 0.5) is 0 Å². The molecule has 4 nitrogen and oxygen atoms in total. The average Bonchev–Trinajstić information content (AvgIpc) is 3.02. The molecule has 2 rings (SSSR count). The number of carboxylic acids is 1. The first-order chi connectivity index (χ1) is 7.20. The van der Waals surface area contributed by atoms with Gasteiger partial charge in [0.15, 0.2) is 5.75 Å². The van der Waals surface area contributed by atoms with E-state index in [1.165, 1.54) is 18.0 Å². The number of rotatable bonds is 4. The summed E-state index contributed by atoms with van der Waals surface area (Å²) < 4.78 is 5.46. The predicted molar refractivity (Wildman–Crippen MR) is 56.6 cm³/mol. The van der Waals surface area contributed by atoms with E-state index >= 15 is 0 Å². The van der Waals surface area contributed by atoms with E-state index in [0.29, 0.717) is 10.8 Å². The maximum Gasteiger partial charge on any atom is 0.339 e. The van der Waals surface area contributed by atoms with Gasteiger partial charge in [-0.1, -0.05) is 0 Å². The molecule has 0 bridgehead atoms. The number of hydrogen-bond donors (Lipinski definition) is 1. The molecule has 0 radical (unpaired) electrons. The van der Waals surface area contributed by atoms with Crippen molar-refractivity contribution >= 4 is 17.7 Å². The van der Waals surface area contributed by atoms with Crippen LogP contribution >= 0.6 is 11.8 Å². The van der Waals surface area contributed by atoms with E-state index in [1.54, 1.807) is 6.07 Å². The van der Waals surface area contributed by atoms with Crippen LogP contribution < -0.4 is 4.74 Å². The quantitative estimate of drug-likeness (QED) is 0.794. The molecule has 0 aliphatic heterocycles. The molecule has 1 N–H and O–H groups in total. The van der Waals surface area contributed by atoms with Crippen LogP contribution in [-0.2, 0) is 0 Å². The summed E-state index contributed by atoms with van der Waals surface area (Å²) in [5, 5.41) is 9.69. The van der Waals surface area contributed by atoms with Gasteiger partial charge in [0.1, 0.15) is 5.56 Å².